The van der Waals surface area contributed by atoms with Gasteiger partial charge in [0.1, 0.15) is 0 Å². The molecule has 0 radical (unpaired) electrons. The molecule has 106 valence electrons. The first-order chi connectivity index (χ1) is 9.78. The van der Waals surface area contributed by atoms with E-state index in [-0.39, 0.29) is 18.7 Å². The Morgan fingerprint density at radius 2 is 2.45 bits per heavy atom. The van der Waals surface area contributed by atoms with Crippen LogP contribution in [0.15, 0.2) is 23.7 Å². The molecular weight excluding hydrogens is 294 g/mol. The maximum Gasteiger partial charge on any atom is 0.322 e. The minimum atomic E-state index is -0.145. The Morgan fingerprint density at radius 1 is 1.55 bits per heavy atom. The number of nitrogens with zero attached hydrogens (tertiary/aromatic N) is 2. The quantitative estimate of drug-likeness (QED) is 0.893. The Balaban J connectivity index is 1.73. The third-order valence-corrected chi connectivity index (χ3v) is 5.17. The first-order valence-corrected chi connectivity index (χ1v) is 8.41. The smallest absolute Gasteiger partial charge is 0.322 e. The molecule has 5 nitrogen and oxygen atoms in total. The number of hydrogen-bond donors (Lipinski definition) is 2. The van der Waals surface area contributed by atoms with Gasteiger partial charge in [0.2, 0.25) is 0 Å². The number of benzene rings is 1. The summed E-state index contributed by atoms with van der Waals surface area (Å²) in [5.41, 5.74) is 3.50. The summed E-state index contributed by atoms with van der Waals surface area (Å²) in [6.45, 7) is 0.679. The minimum Gasteiger partial charge on any atom is -0.394 e. The lowest BCUT2D eigenvalue weighted by Crippen LogP contribution is -2.49. The molecule has 3 rings (SSSR count). The van der Waals surface area contributed by atoms with E-state index in [0.717, 1.165) is 27.4 Å². The number of aliphatic hydroxyl groups excluding tert-OH is 1. The Hall–Kier alpha value is -1.31. The van der Waals surface area contributed by atoms with Gasteiger partial charge < -0.3 is 15.3 Å². The van der Waals surface area contributed by atoms with Gasteiger partial charge in [0.25, 0.3) is 0 Å². The van der Waals surface area contributed by atoms with Crippen LogP contribution in [0, 0.1) is 0 Å². The fourth-order valence-electron chi connectivity index (χ4n) is 2.20. The third kappa shape index (κ3) is 2.74. The highest BCUT2D eigenvalue weighted by molar-refractivity contribution is 7.99. The summed E-state index contributed by atoms with van der Waals surface area (Å²) in [7, 11) is 0. The molecule has 1 aromatic heterocycles. The summed E-state index contributed by atoms with van der Waals surface area (Å²) in [6.07, 6.45) is 0. The molecule has 1 aromatic carbocycles. The van der Waals surface area contributed by atoms with Gasteiger partial charge in [-0.2, -0.15) is 11.8 Å². The van der Waals surface area contributed by atoms with Gasteiger partial charge >= 0.3 is 6.03 Å². The van der Waals surface area contributed by atoms with Crippen LogP contribution >= 0.6 is 23.1 Å². The van der Waals surface area contributed by atoms with Crippen LogP contribution in [0.4, 0.5) is 10.5 Å². The molecule has 1 aliphatic rings. The lowest BCUT2D eigenvalue weighted by atomic mass is 10.3. The minimum absolute atomic E-state index is 0.00823. The van der Waals surface area contributed by atoms with Gasteiger partial charge in [-0.3, -0.25) is 0 Å². The molecule has 2 N–H and O–H groups in total. The summed E-state index contributed by atoms with van der Waals surface area (Å²) in [6, 6.07) is 5.44. The van der Waals surface area contributed by atoms with E-state index in [1.165, 1.54) is 0 Å². The summed E-state index contributed by atoms with van der Waals surface area (Å²) in [5, 5.41) is 12.3. The van der Waals surface area contributed by atoms with Gasteiger partial charge in [-0.25, -0.2) is 9.78 Å². The van der Waals surface area contributed by atoms with E-state index in [9.17, 15) is 9.90 Å². The molecule has 1 atom stereocenters. The molecule has 0 aliphatic carbocycles. The fourth-order valence-corrected chi connectivity index (χ4v) is 3.97. The molecule has 1 fully saturated rings. The zero-order valence-electron chi connectivity index (χ0n) is 10.8. The van der Waals surface area contributed by atoms with Crippen LogP contribution in [0.25, 0.3) is 10.2 Å². The molecule has 7 heteroatoms. The Morgan fingerprint density at radius 3 is 3.30 bits per heavy atom. The largest absolute Gasteiger partial charge is 0.394 e. The van der Waals surface area contributed by atoms with Crippen molar-refractivity contribution in [1.82, 2.24) is 9.88 Å². The molecule has 0 bridgehead atoms. The van der Waals surface area contributed by atoms with Crippen molar-refractivity contribution >= 4 is 45.0 Å². The standard InChI is InChI=1S/C13H15N3O2S2/c17-6-10-7-19-4-3-16(10)13(18)15-9-1-2-11-12(5-9)20-8-14-11/h1-2,5,8,10,17H,3-4,6-7H2,(H,15,18). The summed E-state index contributed by atoms with van der Waals surface area (Å²) in [5.74, 6) is 1.70. The third-order valence-electron chi connectivity index (χ3n) is 3.28. The Labute approximate surface area is 125 Å². The van der Waals surface area contributed by atoms with Crippen molar-refractivity contribution in [2.75, 3.05) is 30.0 Å². The molecule has 2 amide bonds. The van der Waals surface area contributed by atoms with E-state index < -0.39 is 0 Å². The van der Waals surface area contributed by atoms with E-state index in [2.05, 4.69) is 10.3 Å². The van der Waals surface area contributed by atoms with Crippen molar-refractivity contribution in [2.45, 2.75) is 6.04 Å². The lowest BCUT2D eigenvalue weighted by molar-refractivity contribution is 0.154. The normalized spacial score (nSPS) is 19.2. The van der Waals surface area contributed by atoms with Crippen LogP contribution in [-0.2, 0) is 0 Å². The van der Waals surface area contributed by atoms with Crippen molar-refractivity contribution in [3.63, 3.8) is 0 Å². The molecular formula is C13H15N3O2S2. The summed E-state index contributed by atoms with van der Waals surface area (Å²) < 4.78 is 1.05. The van der Waals surface area contributed by atoms with Gasteiger partial charge in [0.15, 0.2) is 0 Å². The second-order valence-electron chi connectivity index (χ2n) is 4.57. The predicted molar refractivity (Wildman–Crippen MR) is 83.5 cm³/mol. The molecule has 2 heterocycles. The van der Waals surface area contributed by atoms with Crippen molar-refractivity contribution in [3.05, 3.63) is 23.7 Å². The number of aromatic nitrogens is 1. The number of fused-ring (bicyclic) bond motifs is 1. The summed E-state index contributed by atoms with van der Waals surface area (Å²) >= 11 is 3.32. The second-order valence-corrected chi connectivity index (χ2v) is 6.61. The number of anilines is 1. The Kier molecular flexibility index (Phi) is 4.09. The first kappa shape index (κ1) is 13.7. The number of urea groups is 1. The number of thiazole rings is 1. The van der Waals surface area contributed by atoms with Crippen LogP contribution in [0.3, 0.4) is 0 Å². The number of aliphatic hydroxyl groups is 1. The highest BCUT2D eigenvalue weighted by Gasteiger charge is 2.26. The van der Waals surface area contributed by atoms with Crippen LogP contribution in [0.5, 0.6) is 0 Å². The topological polar surface area (TPSA) is 65.5 Å². The zero-order chi connectivity index (χ0) is 13.9. The fraction of sp³-hybridized carbons (Fsp3) is 0.385. The SMILES string of the molecule is O=C(Nc1ccc2ncsc2c1)N1CCSCC1CO. The first-order valence-electron chi connectivity index (χ1n) is 6.37. The van der Waals surface area contributed by atoms with Crippen LogP contribution in [0.2, 0.25) is 0 Å². The summed E-state index contributed by atoms with van der Waals surface area (Å²) in [4.78, 5) is 18.2. The Bertz CT molecular complexity index is 616. The number of nitrogens with one attached hydrogen (secondary N) is 1. The van der Waals surface area contributed by atoms with Gasteiger partial charge in [-0.1, -0.05) is 0 Å². The average Bonchev–Trinajstić information content (AvgIpc) is 2.94. The molecule has 1 unspecified atom stereocenters. The lowest BCUT2D eigenvalue weighted by Gasteiger charge is -2.34. The van der Waals surface area contributed by atoms with Gasteiger partial charge in [0, 0.05) is 23.7 Å². The molecule has 1 saturated heterocycles. The van der Waals surface area contributed by atoms with Gasteiger partial charge in [-0.15, -0.1) is 11.3 Å². The molecule has 20 heavy (non-hydrogen) atoms. The number of carbonyl (C=O) groups excluding carboxylic acids is 1. The van der Waals surface area contributed by atoms with E-state index >= 15 is 0 Å². The second kappa shape index (κ2) is 5.99. The van der Waals surface area contributed by atoms with E-state index in [1.807, 2.05) is 18.2 Å². The number of carbonyl (C=O) groups is 1. The van der Waals surface area contributed by atoms with Crippen molar-refractivity contribution in [2.24, 2.45) is 0 Å². The number of rotatable bonds is 2. The average molecular weight is 309 g/mol. The van der Waals surface area contributed by atoms with Crippen molar-refractivity contribution in [1.29, 1.82) is 0 Å². The van der Waals surface area contributed by atoms with Gasteiger partial charge in [-0.05, 0) is 18.2 Å². The monoisotopic (exact) mass is 309 g/mol. The highest BCUT2D eigenvalue weighted by Crippen LogP contribution is 2.23. The van der Waals surface area contributed by atoms with Crippen molar-refractivity contribution in [3.8, 4) is 0 Å². The van der Waals surface area contributed by atoms with E-state index in [4.69, 9.17) is 0 Å². The van der Waals surface area contributed by atoms with Crippen LogP contribution in [0.1, 0.15) is 0 Å². The predicted octanol–water partition coefficient (Wildman–Crippen LogP) is 2.24. The number of thioether (sulfide) groups is 1. The zero-order valence-corrected chi connectivity index (χ0v) is 12.4. The van der Waals surface area contributed by atoms with Crippen LogP contribution < -0.4 is 5.32 Å². The van der Waals surface area contributed by atoms with Gasteiger partial charge in [0.05, 0.1) is 28.4 Å². The molecule has 0 spiro atoms. The van der Waals surface area contributed by atoms with E-state index in [1.54, 1.807) is 33.5 Å². The molecule has 2 aromatic rings. The van der Waals surface area contributed by atoms with E-state index in [0.29, 0.717) is 6.54 Å². The number of hydrogen-bond acceptors (Lipinski definition) is 5. The molecule has 0 saturated carbocycles. The maximum atomic E-state index is 12.3. The van der Waals surface area contributed by atoms with Crippen molar-refractivity contribution < 1.29 is 9.90 Å². The number of amides is 2. The molecule has 1 aliphatic heterocycles. The van der Waals surface area contributed by atoms with Crippen LogP contribution in [-0.4, -0.2) is 51.7 Å². The maximum absolute atomic E-state index is 12.3. The highest BCUT2D eigenvalue weighted by atomic mass is 32.2.